The van der Waals surface area contributed by atoms with Gasteiger partial charge in [-0.1, -0.05) is 19.0 Å². The Morgan fingerprint density at radius 3 is 2.51 bits per heavy atom. The minimum atomic E-state index is -4.66. The van der Waals surface area contributed by atoms with Crippen LogP contribution in [0.25, 0.3) is 5.65 Å². The third-order valence-corrected chi connectivity index (χ3v) is 6.83. The van der Waals surface area contributed by atoms with Crippen LogP contribution in [-0.4, -0.2) is 66.2 Å². The highest BCUT2D eigenvalue weighted by molar-refractivity contribution is 5.91. The first-order valence-electron chi connectivity index (χ1n) is 11.6. The number of nitrogens with two attached hydrogens (primary N) is 1. The number of nitrogens with one attached hydrogen (secondary N) is 1. The number of primary amides is 1. The summed E-state index contributed by atoms with van der Waals surface area (Å²) >= 11 is 0. The molecule has 3 aromatic rings. The number of urea groups is 1. The van der Waals surface area contributed by atoms with Gasteiger partial charge in [-0.25, -0.2) is 18.9 Å². The number of aromatic nitrogens is 5. The molecule has 1 aliphatic heterocycles. The van der Waals surface area contributed by atoms with Gasteiger partial charge < -0.3 is 16.0 Å². The number of imidazole rings is 1. The Balaban J connectivity index is 1.64. The average molecular weight is 562 g/mol. The quantitative estimate of drug-likeness (QED) is 0.400. The van der Waals surface area contributed by atoms with E-state index in [0.29, 0.717) is 5.56 Å². The molecule has 0 radical (unpaired) electrons. The SMILES string of the molecule is CC(C)(CC[C@@H](c1cn2ncc(CN3C[C@](C)(C(F)(F)F)NC3=O)cc2n1)c1nonc1C(N)=O)C(F)(F)F. The first kappa shape index (κ1) is 28.1. The van der Waals surface area contributed by atoms with Crippen LogP contribution in [0.3, 0.4) is 0 Å². The van der Waals surface area contributed by atoms with Crippen molar-refractivity contribution < 1.29 is 40.6 Å². The Morgan fingerprint density at radius 1 is 1.23 bits per heavy atom. The predicted octanol–water partition coefficient (Wildman–Crippen LogP) is 3.56. The molecule has 3 amide bonds. The summed E-state index contributed by atoms with van der Waals surface area (Å²) in [6.45, 7) is 2.13. The van der Waals surface area contributed by atoms with Gasteiger partial charge in [0.05, 0.1) is 36.0 Å². The van der Waals surface area contributed by atoms with E-state index in [4.69, 9.17) is 5.73 Å². The zero-order valence-electron chi connectivity index (χ0n) is 20.9. The summed E-state index contributed by atoms with van der Waals surface area (Å²) in [5, 5.41) is 13.3. The molecule has 0 unspecified atom stereocenters. The molecular formula is C22H24F6N8O3. The Labute approximate surface area is 216 Å². The second-order valence-corrected chi connectivity index (χ2v) is 10.3. The standard InChI is InChI=1S/C22H24F6N8O3/c1-19(2,21(23,24)25)5-4-12(15-16(17(29)37)34-39-33-15)13-9-36-14(31-13)6-11(7-30-36)8-35-10-20(3,22(26,27)28)32-18(35)38/h6-7,9,12H,4-5,8,10H2,1-3H3,(H2,29,37)(H,32,38)/t12-,20+/m0/s1. The van der Waals surface area contributed by atoms with Gasteiger partial charge in [0, 0.05) is 6.54 Å². The fourth-order valence-electron chi connectivity index (χ4n) is 4.17. The van der Waals surface area contributed by atoms with Crippen LogP contribution < -0.4 is 11.1 Å². The number of carbonyl (C=O) groups is 2. The highest BCUT2D eigenvalue weighted by Gasteiger charge is 2.57. The summed E-state index contributed by atoms with van der Waals surface area (Å²) in [6, 6.07) is 0.573. The third kappa shape index (κ3) is 5.34. The van der Waals surface area contributed by atoms with Crippen molar-refractivity contribution >= 4 is 17.6 Å². The number of hydrogen-bond acceptors (Lipinski definition) is 7. The molecule has 17 heteroatoms. The van der Waals surface area contributed by atoms with E-state index in [0.717, 1.165) is 25.7 Å². The van der Waals surface area contributed by atoms with Crippen LogP contribution in [-0.2, 0) is 6.54 Å². The van der Waals surface area contributed by atoms with Crippen molar-refractivity contribution in [3.8, 4) is 0 Å². The minimum absolute atomic E-state index is 0.0933. The zero-order chi connectivity index (χ0) is 29.0. The molecular weight excluding hydrogens is 538 g/mol. The molecule has 4 rings (SSSR count). The van der Waals surface area contributed by atoms with Crippen molar-refractivity contribution in [3.63, 3.8) is 0 Å². The molecule has 1 aliphatic rings. The number of nitrogens with zero attached hydrogens (tertiary/aromatic N) is 6. The lowest BCUT2D eigenvalue weighted by Crippen LogP contribution is -2.53. The van der Waals surface area contributed by atoms with Gasteiger partial charge in [-0.05, 0) is 36.6 Å². The molecule has 1 saturated heterocycles. The van der Waals surface area contributed by atoms with Crippen LogP contribution in [0.2, 0.25) is 0 Å². The molecule has 212 valence electrons. The monoisotopic (exact) mass is 562 g/mol. The smallest absolute Gasteiger partial charge is 0.364 e. The molecule has 4 heterocycles. The van der Waals surface area contributed by atoms with E-state index in [-0.39, 0.29) is 42.1 Å². The van der Waals surface area contributed by atoms with E-state index in [2.05, 4.69) is 25.0 Å². The first-order chi connectivity index (χ1) is 17.9. The Morgan fingerprint density at radius 2 is 1.92 bits per heavy atom. The maximum absolute atomic E-state index is 13.5. The number of hydrogen-bond donors (Lipinski definition) is 2. The topological polar surface area (TPSA) is 145 Å². The van der Waals surface area contributed by atoms with Crippen molar-refractivity contribution in [3.05, 3.63) is 41.1 Å². The van der Waals surface area contributed by atoms with E-state index >= 15 is 0 Å². The largest absolute Gasteiger partial charge is 0.413 e. The van der Waals surface area contributed by atoms with E-state index in [1.165, 1.54) is 23.0 Å². The summed E-state index contributed by atoms with van der Waals surface area (Å²) in [6.07, 6.45) is -6.97. The molecule has 0 saturated carbocycles. The summed E-state index contributed by atoms with van der Waals surface area (Å²) in [7, 11) is 0. The van der Waals surface area contributed by atoms with Crippen molar-refractivity contribution in [1.82, 2.24) is 35.1 Å². The molecule has 0 bridgehead atoms. The van der Waals surface area contributed by atoms with Crippen LogP contribution in [0.1, 0.15) is 67.0 Å². The zero-order valence-corrected chi connectivity index (χ0v) is 20.9. The number of halogens is 6. The number of fused-ring (bicyclic) bond motifs is 1. The summed E-state index contributed by atoms with van der Waals surface area (Å²) in [5.74, 6) is -1.98. The maximum atomic E-state index is 13.5. The van der Waals surface area contributed by atoms with E-state index < -0.39 is 47.7 Å². The van der Waals surface area contributed by atoms with Crippen LogP contribution in [0.4, 0.5) is 31.1 Å². The number of carbonyl (C=O) groups excluding carboxylic acids is 2. The molecule has 3 aromatic heterocycles. The van der Waals surface area contributed by atoms with Crippen molar-refractivity contribution in [2.75, 3.05) is 6.54 Å². The predicted molar refractivity (Wildman–Crippen MR) is 120 cm³/mol. The van der Waals surface area contributed by atoms with Gasteiger partial charge in [-0.3, -0.25) is 4.79 Å². The second-order valence-electron chi connectivity index (χ2n) is 10.3. The van der Waals surface area contributed by atoms with Gasteiger partial charge in [0.15, 0.2) is 16.9 Å². The lowest BCUT2D eigenvalue weighted by Gasteiger charge is -2.28. The second kappa shape index (κ2) is 9.37. The lowest BCUT2D eigenvalue weighted by atomic mass is 9.82. The maximum Gasteiger partial charge on any atom is 0.413 e. The van der Waals surface area contributed by atoms with Gasteiger partial charge in [-0.15, -0.1) is 0 Å². The third-order valence-electron chi connectivity index (χ3n) is 6.83. The molecule has 3 N–H and O–H groups in total. The highest BCUT2D eigenvalue weighted by Crippen LogP contribution is 2.44. The van der Waals surface area contributed by atoms with Crippen LogP contribution in [0, 0.1) is 5.41 Å². The molecule has 0 aromatic carbocycles. The number of rotatable bonds is 8. The van der Waals surface area contributed by atoms with Crippen LogP contribution >= 0.6 is 0 Å². The Hall–Kier alpha value is -3.92. The Kier molecular flexibility index (Phi) is 6.75. The van der Waals surface area contributed by atoms with Gasteiger partial charge >= 0.3 is 18.4 Å². The van der Waals surface area contributed by atoms with Crippen LogP contribution in [0.5, 0.6) is 0 Å². The van der Waals surface area contributed by atoms with Gasteiger partial charge in [0.2, 0.25) is 0 Å². The van der Waals surface area contributed by atoms with E-state index in [1.54, 1.807) is 0 Å². The number of alkyl halides is 6. The van der Waals surface area contributed by atoms with Crippen molar-refractivity contribution in [2.45, 2.75) is 64.0 Å². The molecule has 2 atom stereocenters. The normalized spacial score (nSPS) is 19.5. The molecule has 0 spiro atoms. The lowest BCUT2D eigenvalue weighted by molar-refractivity contribution is -0.214. The van der Waals surface area contributed by atoms with E-state index in [1.807, 2.05) is 5.32 Å². The van der Waals surface area contributed by atoms with Crippen molar-refractivity contribution in [1.29, 1.82) is 0 Å². The summed E-state index contributed by atoms with van der Waals surface area (Å²) in [5.41, 5.74) is 1.11. The van der Waals surface area contributed by atoms with Gasteiger partial charge in [0.25, 0.3) is 5.91 Å². The number of amides is 3. The molecule has 39 heavy (non-hydrogen) atoms. The molecule has 0 aliphatic carbocycles. The summed E-state index contributed by atoms with van der Waals surface area (Å²) in [4.78, 5) is 29.4. The van der Waals surface area contributed by atoms with Gasteiger partial charge in [0.1, 0.15) is 5.69 Å². The van der Waals surface area contributed by atoms with E-state index in [9.17, 15) is 35.9 Å². The minimum Gasteiger partial charge on any atom is -0.364 e. The van der Waals surface area contributed by atoms with Crippen LogP contribution in [0.15, 0.2) is 23.1 Å². The first-order valence-corrected chi connectivity index (χ1v) is 11.6. The highest BCUT2D eigenvalue weighted by atomic mass is 19.4. The fourth-order valence-corrected chi connectivity index (χ4v) is 4.17. The average Bonchev–Trinajstić information content (AvgIpc) is 3.50. The van der Waals surface area contributed by atoms with Gasteiger partial charge in [-0.2, -0.15) is 31.4 Å². The summed E-state index contributed by atoms with van der Waals surface area (Å²) < 4.78 is 86.5. The molecule has 1 fully saturated rings. The fraction of sp³-hybridized carbons (Fsp3) is 0.545. The molecule has 11 nitrogen and oxygen atoms in total. The Bertz CT molecular complexity index is 1400. The van der Waals surface area contributed by atoms with Crippen molar-refractivity contribution in [2.24, 2.45) is 11.1 Å².